The van der Waals surface area contributed by atoms with Gasteiger partial charge in [0, 0.05) is 20.0 Å². The van der Waals surface area contributed by atoms with Crippen molar-refractivity contribution in [2.24, 2.45) is 5.92 Å². The van der Waals surface area contributed by atoms with Gasteiger partial charge in [-0.25, -0.2) is 0 Å². The highest BCUT2D eigenvalue weighted by Gasteiger charge is 2.13. The van der Waals surface area contributed by atoms with Gasteiger partial charge in [-0.1, -0.05) is 32.9 Å². The number of methoxy groups -OCH3 is 1. The Morgan fingerprint density at radius 3 is 2.27 bits per heavy atom. The molecular weight excluding hydrogens is 188 g/mol. The van der Waals surface area contributed by atoms with Crippen molar-refractivity contribution in [3.63, 3.8) is 0 Å². The smallest absolute Gasteiger partial charge is 0.135 e. The lowest BCUT2D eigenvalue weighted by atomic mass is 9.97. The van der Waals surface area contributed by atoms with E-state index < -0.39 is 0 Å². The van der Waals surface area contributed by atoms with Crippen LogP contribution in [-0.4, -0.2) is 19.0 Å². The maximum atomic E-state index is 11.3. The fourth-order valence-corrected chi connectivity index (χ4v) is 1.62. The predicted molar refractivity (Wildman–Crippen MR) is 63.9 cm³/mol. The molecule has 0 aromatic heterocycles. The van der Waals surface area contributed by atoms with Gasteiger partial charge in [0.25, 0.3) is 0 Å². The number of ketones is 1. The molecule has 0 heterocycles. The fourth-order valence-electron chi connectivity index (χ4n) is 1.62. The zero-order valence-corrected chi connectivity index (χ0v) is 10.5. The van der Waals surface area contributed by atoms with E-state index in [1.165, 1.54) is 5.57 Å². The third-order valence-electron chi connectivity index (χ3n) is 2.40. The van der Waals surface area contributed by atoms with Crippen LogP contribution in [0.5, 0.6) is 0 Å². The maximum Gasteiger partial charge on any atom is 0.135 e. The van der Waals surface area contributed by atoms with Gasteiger partial charge < -0.3 is 4.74 Å². The Morgan fingerprint density at radius 2 is 1.87 bits per heavy atom. The summed E-state index contributed by atoms with van der Waals surface area (Å²) in [5, 5.41) is 0. The van der Waals surface area contributed by atoms with E-state index in [1.807, 2.05) is 6.92 Å². The van der Waals surface area contributed by atoms with Gasteiger partial charge >= 0.3 is 0 Å². The molecule has 0 aromatic carbocycles. The highest BCUT2D eigenvalue weighted by atomic mass is 16.5. The Hall–Kier alpha value is -0.630. The molecule has 0 aliphatic rings. The lowest BCUT2D eigenvalue weighted by Crippen LogP contribution is -2.16. The first-order valence-electron chi connectivity index (χ1n) is 5.70. The molecule has 0 saturated heterocycles. The van der Waals surface area contributed by atoms with E-state index in [0.717, 1.165) is 12.8 Å². The van der Waals surface area contributed by atoms with Gasteiger partial charge in [0.15, 0.2) is 0 Å². The first-order valence-corrected chi connectivity index (χ1v) is 5.70. The van der Waals surface area contributed by atoms with Gasteiger partial charge in [-0.3, -0.25) is 4.79 Å². The summed E-state index contributed by atoms with van der Waals surface area (Å²) in [5.74, 6) is 0.885. The van der Waals surface area contributed by atoms with Gasteiger partial charge in [0.1, 0.15) is 5.78 Å². The lowest BCUT2D eigenvalue weighted by molar-refractivity contribution is -0.121. The summed E-state index contributed by atoms with van der Waals surface area (Å²) in [6, 6.07) is 0. The number of ether oxygens (including phenoxy) is 1. The van der Waals surface area contributed by atoms with Crippen LogP contribution in [0.1, 0.15) is 46.5 Å². The summed E-state index contributed by atoms with van der Waals surface area (Å²) in [6.45, 7) is 10.3. The second-order valence-corrected chi connectivity index (χ2v) is 4.51. The molecule has 15 heavy (non-hydrogen) atoms. The van der Waals surface area contributed by atoms with Gasteiger partial charge in [0.2, 0.25) is 0 Å². The van der Waals surface area contributed by atoms with Gasteiger partial charge in [-0.05, 0) is 18.8 Å². The van der Waals surface area contributed by atoms with Crippen molar-refractivity contribution in [3.05, 3.63) is 12.2 Å². The van der Waals surface area contributed by atoms with Crippen LogP contribution in [0.2, 0.25) is 0 Å². The number of carbonyl (C=O) groups is 1. The molecule has 0 aliphatic carbocycles. The summed E-state index contributed by atoms with van der Waals surface area (Å²) in [6.07, 6.45) is 2.95. The average molecular weight is 212 g/mol. The number of hydrogen-bond donors (Lipinski definition) is 0. The number of Topliss-reactive ketones (excluding diaryl/α,β-unsaturated/α-hetero) is 1. The Morgan fingerprint density at radius 1 is 1.27 bits per heavy atom. The van der Waals surface area contributed by atoms with Crippen LogP contribution in [-0.2, 0) is 9.53 Å². The topological polar surface area (TPSA) is 26.3 Å². The van der Waals surface area contributed by atoms with E-state index in [4.69, 9.17) is 4.74 Å². The Kier molecular flexibility index (Phi) is 7.31. The Balaban J connectivity index is 3.98. The fraction of sp³-hybridized carbons (Fsp3) is 0.769. The molecule has 0 aliphatic heterocycles. The molecule has 0 spiro atoms. The minimum Gasteiger partial charge on any atom is -0.381 e. The van der Waals surface area contributed by atoms with E-state index >= 15 is 0 Å². The molecule has 2 nitrogen and oxygen atoms in total. The second kappa shape index (κ2) is 7.63. The van der Waals surface area contributed by atoms with Crippen LogP contribution in [0.15, 0.2) is 12.2 Å². The second-order valence-electron chi connectivity index (χ2n) is 4.51. The first kappa shape index (κ1) is 14.4. The molecule has 88 valence electrons. The van der Waals surface area contributed by atoms with Crippen LogP contribution >= 0.6 is 0 Å². The van der Waals surface area contributed by atoms with E-state index in [0.29, 0.717) is 18.8 Å². The quantitative estimate of drug-likeness (QED) is 0.577. The molecule has 0 rings (SSSR count). The zero-order valence-electron chi connectivity index (χ0n) is 10.5. The largest absolute Gasteiger partial charge is 0.381 e. The van der Waals surface area contributed by atoms with Crippen LogP contribution in [0.4, 0.5) is 0 Å². The van der Waals surface area contributed by atoms with Gasteiger partial charge in [-0.15, -0.1) is 0 Å². The van der Waals surface area contributed by atoms with Crippen LogP contribution in [0, 0.1) is 5.92 Å². The molecule has 0 aromatic rings. The predicted octanol–water partition coefficient (Wildman–Crippen LogP) is 3.36. The normalized spacial score (nSPS) is 12.9. The molecule has 0 saturated carbocycles. The van der Waals surface area contributed by atoms with Crippen molar-refractivity contribution < 1.29 is 9.53 Å². The summed E-state index contributed by atoms with van der Waals surface area (Å²) < 4.78 is 5.29. The molecule has 2 heteroatoms. The Labute approximate surface area is 93.7 Å². The van der Waals surface area contributed by atoms with Crippen molar-refractivity contribution in [1.29, 1.82) is 0 Å². The molecule has 0 bridgehead atoms. The summed E-state index contributed by atoms with van der Waals surface area (Å²) in [4.78, 5) is 11.3. The third-order valence-corrected chi connectivity index (χ3v) is 2.40. The zero-order chi connectivity index (χ0) is 11.8. The van der Waals surface area contributed by atoms with E-state index in [9.17, 15) is 4.79 Å². The summed E-state index contributed by atoms with van der Waals surface area (Å²) >= 11 is 0. The molecule has 0 fully saturated rings. The monoisotopic (exact) mass is 212 g/mol. The lowest BCUT2D eigenvalue weighted by Gasteiger charge is -2.16. The highest BCUT2D eigenvalue weighted by molar-refractivity contribution is 5.78. The van der Waals surface area contributed by atoms with Crippen molar-refractivity contribution >= 4 is 5.78 Å². The summed E-state index contributed by atoms with van der Waals surface area (Å²) in [5.41, 5.74) is 1.18. The number of rotatable bonds is 8. The molecule has 0 N–H and O–H groups in total. The van der Waals surface area contributed by atoms with E-state index in [2.05, 4.69) is 20.4 Å². The van der Waals surface area contributed by atoms with Crippen LogP contribution < -0.4 is 0 Å². The van der Waals surface area contributed by atoms with Gasteiger partial charge in [0.05, 0.1) is 6.10 Å². The highest BCUT2D eigenvalue weighted by Crippen LogP contribution is 2.17. The average Bonchev–Trinajstić information content (AvgIpc) is 2.15. The molecule has 0 radical (unpaired) electrons. The van der Waals surface area contributed by atoms with E-state index in [1.54, 1.807) is 7.11 Å². The molecule has 1 unspecified atom stereocenters. The van der Waals surface area contributed by atoms with Crippen LogP contribution in [0.25, 0.3) is 0 Å². The first-order chi connectivity index (χ1) is 6.99. The molecular formula is C13H24O2. The number of hydrogen-bond acceptors (Lipinski definition) is 2. The minimum absolute atomic E-state index is 0.0173. The van der Waals surface area contributed by atoms with Crippen molar-refractivity contribution in [2.75, 3.05) is 7.11 Å². The van der Waals surface area contributed by atoms with Crippen LogP contribution in [0.3, 0.4) is 0 Å². The minimum atomic E-state index is 0.0173. The molecule has 0 amide bonds. The maximum absolute atomic E-state index is 11.3. The third kappa shape index (κ3) is 7.32. The van der Waals surface area contributed by atoms with E-state index in [-0.39, 0.29) is 11.9 Å². The number of carbonyl (C=O) groups excluding carboxylic acids is 1. The molecule has 1 atom stereocenters. The van der Waals surface area contributed by atoms with Crippen molar-refractivity contribution in [1.82, 2.24) is 0 Å². The van der Waals surface area contributed by atoms with Crippen molar-refractivity contribution in [3.8, 4) is 0 Å². The standard InChI is InChI=1S/C13H24O2/c1-6-12(14)9-13(15-5)8-11(4)7-10(2)3/h10,13H,4,6-9H2,1-3,5H3. The van der Waals surface area contributed by atoms with Gasteiger partial charge in [-0.2, -0.15) is 0 Å². The summed E-state index contributed by atoms with van der Waals surface area (Å²) in [7, 11) is 1.66. The Bertz CT molecular complexity index is 207. The SMILES string of the molecule is C=C(CC(C)C)CC(CC(=O)CC)OC. The van der Waals surface area contributed by atoms with Crippen molar-refractivity contribution in [2.45, 2.75) is 52.6 Å².